The van der Waals surface area contributed by atoms with Crippen LogP contribution in [0.4, 0.5) is 0 Å². The average Bonchev–Trinajstić information content (AvgIpc) is 2.32. The Labute approximate surface area is 68.4 Å². The van der Waals surface area contributed by atoms with E-state index in [0.29, 0.717) is 6.10 Å². The second kappa shape index (κ2) is 2.63. The van der Waals surface area contributed by atoms with Gasteiger partial charge in [0, 0.05) is 0 Å². The zero-order valence-corrected chi connectivity index (χ0v) is 7.34. The molecule has 1 heteroatoms. The van der Waals surface area contributed by atoms with Crippen molar-refractivity contribution in [2.75, 3.05) is 6.61 Å². The summed E-state index contributed by atoms with van der Waals surface area (Å²) < 4.78 is 5.66. The highest BCUT2D eigenvalue weighted by atomic mass is 16.5. The van der Waals surface area contributed by atoms with E-state index in [2.05, 4.69) is 19.9 Å². The van der Waals surface area contributed by atoms with Crippen LogP contribution in [0, 0.1) is 11.8 Å². The predicted molar refractivity (Wildman–Crippen MR) is 45.4 cm³/mol. The van der Waals surface area contributed by atoms with E-state index in [1.54, 1.807) is 0 Å². The Bertz CT molecular complexity index is 183. The van der Waals surface area contributed by atoms with Gasteiger partial charge in [0.05, 0.1) is 12.7 Å². The van der Waals surface area contributed by atoms with E-state index in [4.69, 9.17) is 4.74 Å². The smallest absolute Gasteiger partial charge is 0.0790 e. The van der Waals surface area contributed by atoms with Crippen LogP contribution in [-0.4, -0.2) is 12.7 Å². The summed E-state index contributed by atoms with van der Waals surface area (Å²) in [4.78, 5) is 0. The van der Waals surface area contributed by atoms with Crippen molar-refractivity contribution in [2.45, 2.75) is 32.8 Å². The Morgan fingerprint density at radius 1 is 1.55 bits per heavy atom. The first kappa shape index (κ1) is 7.35. The molecule has 0 unspecified atom stereocenters. The van der Waals surface area contributed by atoms with Crippen LogP contribution in [0.5, 0.6) is 0 Å². The van der Waals surface area contributed by atoms with E-state index in [-0.39, 0.29) is 0 Å². The highest BCUT2D eigenvalue weighted by Crippen LogP contribution is 2.36. The van der Waals surface area contributed by atoms with Gasteiger partial charge in [0.1, 0.15) is 0 Å². The molecule has 0 aromatic rings. The lowest BCUT2D eigenvalue weighted by Crippen LogP contribution is -2.20. The van der Waals surface area contributed by atoms with Crippen molar-refractivity contribution in [1.29, 1.82) is 0 Å². The lowest BCUT2D eigenvalue weighted by molar-refractivity contribution is 0.120. The third-order valence-corrected chi connectivity index (χ3v) is 3.03. The molecular formula is C10H16O. The van der Waals surface area contributed by atoms with Crippen molar-refractivity contribution in [3.8, 4) is 0 Å². The topological polar surface area (TPSA) is 9.23 Å². The molecule has 1 saturated heterocycles. The Hall–Kier alpha value is -0.300. The molecule has 2 rings (SSSR count). The third kappa shape index (κ3) is 1.22. The molecule has 0 spiro atoms. The summed E-state index contributed by atoms with van der Waals surface area (Å²) in [7, 11) is 0. The second-order valence-corrected chi connectivity index (χ2v) is 3.99. The van der Waals surface area contributed by atoms with Gasteiger partial charge >= 0.3 is 0 Å². The number of ether oxygens (including phenoxy) is 1. The molecule has 1 aliphatic heterocycles. The first-order valence-electron chi connectivity index (χ1n) is 4.56. The van der Waals surface area contributed by atoms with Gasteiger partial charge in [-0.25, -0.2) is 0 Å². The van der Waals surface area contributed by atoms with Crippen molar-refractivity contribution in [2.24, 2.45) is 11.8 Å². The van der Waals surface area contributed by atoms with Gasteiger partial charge < -0.3 is 4.74 Å². The Balaban J connectivity index is 2.14. The predicted octanol–water partition coefficient (Wildman–Crippen LogP) is 2.38. The van der Waals surface area contributed by atoms with Crippen LogP contribution < -0.4 is 0 Å². The van der Waals surface area contributed by atoms with Crippen molar-refractivity contribution in [1.82, 2.24) is 0 Å². The summed E-state index contributed by atoms with van der Waals surface area (Å²) >= 11 is 0. The number of allylic oxidation sites excluding steroid dienone is 1. The van der Waals surface area contributed by atoms with Gasteiger partial charge in [-0.1, -0.05) is 18.6 Å². The first-order chi connectivity index (χ1) is 5.27. The molecule has 0 N–H and O–H groups in total. The molecule has 1 fully saturated rings. The summed E-state index contributed by atoms with van der Waals surface area (Å²) in [5.41, 5.74) is 1.51. The first-order valence-corrected chi connectivity index (χ1v) is 4.56. The van der Waals surface area contributed by atoms with Crippen LogP contribution in [0.15, 0.2) is 11.6 Å². The number of hydrogen-bond acceptors (Lipinski definition) is 1. The number of rotatable bonds is 0. The quantitative estimate of drug-likeness (QED) is 0.484. The maximum atomic E-state index is 5.66. The largest absolute Gasteiger partial charge is 0.374 e. The van der Waals surface area contributed by atoms with Crippen molar-refractivity contribution >= 4 is 0 Å². The fraction of sp³-hybridized carbons (Fsp3) is 0.800. The summed E-state index contributed by atoms with van der Waals surface area (Å²) in [5.74, 6) is 1.60. The molecule has 0 aromatic carbocycles. The lowest BCUT2D eigenvalue weighted by atomic mass is 9.82. The molecule has 11 heavy (non-hydrogen) atoms. The molecule has 1 nitrogen and oxygen atoms in total. The van der Waals surface area contributed by atoms with Gasteiger partial charge in [-0.15, -0.1) is 0 Å². The van der Waals surface area contributed by atoms with E-state index in [9.17, 15) is 0 Å². The van der Waals surface area contributed by atoms with E-state index in [0.717, 1.165) is 18.4 Å². The standard InChI is InChI=1S/C10H16O/c1-7-3-4-9-8(2)6-11-10(9)5-7/h5,8-10H,3-4,6H2,1-2H3/t8-,9-,10-/m1/s1. The second-order valence-electron chi connectivity index (χ2n) is 3.99. The Morgan fingerprint density at radius 3 is 3.18 bits per heavy atom. The monoisotopic (exact) mass is 152 g/mol. The molecule has 62 valence electrons. The molecule has 0 bridgehead atoms. The molecule has 0 radical (unpaired) electrons. The van der Waals surface area contributed by atoms with Gasteiger partial charge in [0.2, 0.25) is 0 Å². The van der Waals surface area contributed by atoms with E-state index in [1.807, 2.05) is 0 Å². The summed E-state index contributed by atoms with van der Waals surface area (Å²) in [6.07, 6.45) is 5.40. The highest BCUT2D eigenvalue weighted by Gasteiger charge is 2.34. The van der Waals surface area contributed by atoms with Crippen LogP contribution in [0.2, 0.25) is 0 Å². The lowest BCUT2D eigenvalue weighted by Gasteiger charge is -2.23. The number of fused-ring (bicyclic) bond motifs is 1. The van der Waals surface area contributed by atoms with Crippen molar-refractivity contribution < 1.29 is 4.74 Å². The van der Waals surface area contributed by atoms with Gasteiger partial charge in [-0.3, -0.25) is 0 Å². The van der Waals surface area contributed by atoms with Crippen LogP contribution in [-0.2, 0) is 4.74 Å². The van der Waals surface area contributed by atoms with E-state index >= 15 is 0 Å². The zero-order valence-electron chi connectivity index (χ0n) is 7.34. The van der Waals surface area contributed by atoms with Crippen LogP contribution in [0.25, 0.3) is 0 Å². The zero-order chi connectivity index (χ0) is 7.84. The molecule has 0 amide bonds. The van der Waals surface area contributed by atoms with Crippen LogP contribution in [0.1, 0.15) is 26.7 Å². The normalized spacial score (nSPS) is 43.5. The summed E-state index contributed by atoms with van der Waals surface area (Å²) in [6.45, 7) is 5.49. The minimum atomic E-state index is 0.457. The molecule has 0 saturated carbocycles. The maximum absolute atomic E-state index is 5.66. The van der Waals surface area contributed by atoms with Crippen molar-refractivity contribution in [3.63, 3.8) is 0 Å². The molecule has 3 atom stereocenters. The molecular weight excluding hydrogens is 136 g/mol. The van der Waals surface area contributed by atoms with Gasteiger partial charge in [0.15, 0.2) is 0 Å². The summed E-state index contributed by atoms with van der Waals surface area (Å²) in [6, 6.07) is 0. The molecule has 2 aliphatic rings. The molecule has 1 aliphatic carbocycles. The van der Waals surface area contributed by atoms with Crippen molar-refractivity contribution in [3.05, 3.63) is 11.6 Å². The fourth-order valence-corrected chi connectivity index (χ4v) is 2.21. The Kier molecular flexibility index (Phi) is 1.76. The third-order valence-electron chi connectivity index (χ3n) is 3.03. The average molecular weight is 152 g/mol. The van der Waals surface area contributed by atoms with E-state index < -0.39 is 0 Å². The summed E-state index contributed by atoms with van der Waals surface area (Å²) in [5, 5.41) is 0. The maximum Gasteiger partial charge on any atom is 0.0790 e. The van der Waals surface area contributed by atoms with E-state index in [1.165, 1.54) is 18.4 Å². The molecule has 0 aromatic heterocycles. The van der Waals surface area contributed by atoms with Crippen LogP contribution in [0.3, 0.4) is 0 Å². The Morgan fingerprint density at radius 2 is 2.36 bits per heavy atom. The number of hydrogen-bond donors (Lipinski definition) is 0. The van der Waals surface area contributed by atoms with Crippen LogP contribution >= 0.6 is 0 Å². The molecule has 1 heterocycles. The van der Waals surface area contributed by atoms with Gasteiger partial charge in [-0.2, -0.15) is 0 Å². The van der Waals surface area contributed by atoms with Gasteiger partial charge in [-0.05, 0) is 31.6 Å². The minimum Gasteiger partial charge on any atom is -0.374 e. The SMILES string of the molecule is CC1=C[C@H]2OC[C@@H](C)[C@H]2CC1. The van der Waals surface area contributed by atoms with Gasteiger partial charge in [0.25, 0.3) is 0 Å². The fourth-order valence-electron chi connectivity index (χ4n) is 2.21. The highest BCUT2D eigenvalue weighted by molar-refractivity contribution is 5.10. The minimum absolute atomic E-state index is 0.457.